The van der Waals surface area contributed by atoms with E-state index in [2.05, 4.69) is 0 Å². The molecule has 0 aromatic heterocycles. The Morgan fingerprint density at radius 1 is 1.33 bits per heavy atom. The zero-order valence-corrected chi connectivity index (χ0v) is 7.29. The topological polar surface area (TPSA) is 35.5 Å². The molecule has 0 radical (unpaired) electrons. The number of ether oxygens (including phenoxy) is 2. The van der Waals surface area contributed by atoms with Gasteiger partial charge in [-0.2, -0.15) is 0 Å². The van der Waals surface area contributed by atoms with Crippen molar-refractivity contribution in [2.24, 2.45) is 11.8 Å². The average molecular weight is 170 g/mol. The van der Waals surface area contributed by atoms with Crippen LogP contribution in [-0.2, 0) is 14.3 Å². The van der Waals surface area contributed by atoms with Gasteiger partial charge in [0.15, 0.2) is 0 Å². The molecular formula is C9H14O3. The highest BCUT2D eigenvalue weighted by molar-refractivity contribution is 5.66. The SMILES string of the molecule is CC(=O)OC1CC2COCC2C1. The van der Waals surface area contributed by atoms with E-state index in [9.17, 15) is 4.79 Å². The van der Waals surface area contributed by atoms with Gasteiger partial charge < -0.3 is 9.47 Å². The molecule has 1 aliphatic heterocycles. The van der Waals surface area contributed by atoms with E-state index in [-0.39, 0.29) is 12.1 Å². The highest BCUT2D eigenvalue weighted by Crippen LogP contribution is 2.37. The fourth-order valence-corrected chi connectivity index (χ4v) is 2.27. The maximum absolute atomic E-state index is 10.7. The van der Waals surface area contributed by atoms with Crippen LogP contribution in [-0.4, -0.2) is 25.3 Å². The Hall–Kier alpha value is -0.570. The molecule has 1 saturated carbocycles. The zero-order valence-electron chi connectivity index (χ0n) is 7.29. The minimum absolute atomic E-state index is 0.152. The monoisotopic (exact) mass is 170 g/mol. The molecule has 1 aliphatic carbocycles. The first-order chi connectivity index (χ1) is 5.75. The summed E-state index contributed by atoms with van der Waals surface area (Å²) in [5.74, 6) is 1.14. The Morgan fingerprint density at radius 2 is 1.92 bits per heavy atom. The van der Waals surface area contributed by atoms with Gasteiger partial charge in [-0.3, -0.25) is 4.79 Å². The second-order valence-electron chi connectivity index (χ2n) is 3.76. The van der Waals surface area contributed by atoms with E-state index in [1.165, 1.54) is 6.92 Å². The molecule has 0 aromatic rings. The van der Waals surface area contributed by atoms with Crippen LogP contribution in [0.2, 0.25) is 0 Å². The molecule has 68 valence electrons. The van der Waals surface area contributed by atoms with Gasteiger partial charge in [0.1, 0.15) is 6.10 Å². The summed E-state index contributed by atoms with van der Waals surface area (Å²) in [6.45, 7) is 3.20. The van der Waals surface area contributed by atoms with Gasteiger partial charge in [0.2, 0.25) is 0 Å². The fourth-order valence-electron chi connectivity index (χ4n) is 2.27. The van der Waals surface area contributed by atoms with E-state index in [1.807, 2.05) is 0 Å². The standard InChI is InChI=1S/C9H14O3/c1-6(10)12-9-2-7-4-11-5-8(7)3-9/h7-9H,2-5H2,1H3. The highest BCUT2D eigenvalue weighted by Gasteiger charge is 2.39. The first kappa shape index (κ1) is 8.05. The molecule has 2 rings (SSSR count). The second-order valence-corrected chi connectivity index (χ2v) is 3.76. The largest absolute Gasteiger partial charge is 0.463 e. The fraction of sp³-hybridized carbons (Fsp3) is 0.889. The predicted molar refractivity (Wildman–Crippen MR) is 42.6 cm³/mol. The van der Waals surface area contributed by atoms with Crippen molar-refractivity contribution in [3.05, 3.63) is 0 Å². The molecule has 12 heavy (non-hydrogen) atoms. The summed E-state index contributed by atoms with van der Waals surface area (Å²) in [6.07, 6.45) is 2.18. The van der Waals surface area contributed by atoms with Gasteiger partial charge in [-0.05, 0) is 24.7 Å². The summed E-state index contributed by atoms with van der Waals surface area (Å²) in [4.78, 5) is 10.7. The number of carbonyl (C=O) groups excluding carboxylic acids is 1. The highest BCUT2D eigenvalue weighted by atomic mass is 16.5. The van der Waals surface area contributed by atoms with Crippen LogP contribution in [0.5, 0.6) is 0 Å². The number of rotatable bonds is 1. The van der Waals surface area contributed by atoms with Crippen LogP contribution in [0.4, 0.5) is 0 Å². The normalized spacial score (nSPS) is 39.6. The third-order valence-electron chi connectivity index (χ3n) is 2.79. The Kier molecular flexibility index (Phi) is 2.05. The van der Waals surface area contributed by atoms with E-state index in [4.69, 9.17) is 9.47 Å². The smallest absolute Gasteiger partial charge is 0.302 e. The second kappa shape index (κ2) is 3.05. The lowest BCUT2D eigenvalue weighted by Gasteiger charge is -2.10. The first-order valence-electron chi connectivity index (χ1n) is 4.50. The number of hydrogen-bond donors (Lipinski definition) is 0. The summed E-state index contributed by atoms with van der Waals surface area (Å²) >= 11 is 0. The van der Waals surface area contributed by atoms with Gasteiger partial charge >= 0.3 is 5.97 Å². The number of hydrogen-bond acceptors (Lipinski definition) is 3. The van der Waals surface area contributed by atoms with Crippen LogP contribution in [0.25, 0.3) is 0 Å². The van der Waals surface area contributed by atoms with Gasteiger partial charge in [-0.25, -0.2) is 0 Å². The van der Waals surface area contributed by atoms with Crippen LogP contribution >= 0.6 is 0 Å². The summed E-state index contributed by atoms with van der Waals surface area (Å²) in [6, 6.07) is 0. The van der Waals surface area contributed by atoms with Crippen LogP contribution in [0.15, 0.2) is 0 Å². The molecule has 2 fully saturated rings. The predicted octanol–water partition coefficient (Wildman–Crippen LogP) is 0.974. The zero-order chi connectivity index (χ0) is 8.55. The Morgan fingerprint density at radius 3 is 2.42 bits per heavy atom. The van der Waals surface area contributed by atoms with Crippen LogP contribution < -0.4 is 0 Å². The lowest BCUT2D eigenvalue weighted by Crippen LogP contribution is -2.14. The minimum Gasteiger partial charge on any atom is -0.463 e. The van der Waals surface area contributed by atoms with Gasteiger partial charge in [-0.15, -0.1) is 0 Å². The van der Waals surface area contributed by atoms with Crippen molar-refractivity contribution in [1.29, 1.82) is 0 Å². The van der Waals surface area contributed by atoms with Crippen LogP contribution in [0.1, 0.15) is 19.8 Å². The van der Waals surface area contributed by atoms with E-state index in [1.54, 1.807) is 0 Å². The molecule has 1 saturated heterocycles. The molecule has 1 heterocycles. The number of esters is 1. The van der Waals surface area contributed by atoms with Crippen LogP contribution in [0, 0.1) is 11.8 Å². The maximum Gasteiger partial charge on any atom is 0.302 e. The maximum atomic E-state index is 10.7. The summed E-state index contributed by atoms with van der Waals surface area (Å²) in [5.41, 5.74) is 0. The lowest BCUT2D eigenvalue weighted by molar-refractivity contribution is -0.146. The summed E-state index contributed by atoms with van der Waals surface area (Å²) in [5, 5.41) is 0. The number of fused-ring (bicyclic) bond motifs is 1. The third kappa shape index (κ3) is 1.46. The third-order valence-corrected chi connectivity index (χ3v) is 2.79. The summed E-state index contributed by atoms with van der Waals surface area (Å²) in [7, 11) is 0. The van der Waals surface area contributed by atoms with Gasteiger partial charge in [0, 0.05) is 20.1 Å². The van der Waals surface area contributed by atoms with Crippen molar-refractivity contribution in [2.45, 2.75) is 25.9 Å². The van der Waals surface area contributed by atoms with E-state index < -0.39 is 0 Å². The molecule has 0 aromatic carbocycles. The minimum atomic E-state index is -0.152. The molecule has 3 heteroatoms. The van der Waals surface area contributed by atoms with Crippen molar-refractivity contribution in [3.63, 3.8) is 0 Å². The van der Waals surface area contributed by atoms with Gasteiger partial charge in [0.25, 0.3) is 0 Å². The number of carbonyl (C=O) groups is 1. The van der Waals surface area contributed by atoms with Crippen molar-refractivity contribution >= 4 is 5.97 Å². The molecule has 2 unspecified atom stereocenters. The molecule has 0 N–H and O–H groups in total. The van der Waals surface area contributed by atoms with E-state index in [0.717, 1.165) is 26.1 Å². The molecule has 0 amide bonds. The van der Waals surface area contributed by atoms with E-state index in [0.29, 0.717) is 11.8 Å². The molecule has 0 spiro atoms. The quantitative estimate of drug-likeness (QED) is 0.550. The Bertz CT molecular complexity index is 178. The Labute approximate surface area is 72.0 Å². The van der Waals surface area contributed by atoms with Gasteiger partial charge in [0.05, 0.1) is 0 Å². The van der Waals surface area contributed by atoms with Crippen molar-refractivity contribution in [2.75, 3.05) is 13.2 Å². The van der Waals surface area contributed by atoms with Crippen molar-refractivity contribution in [3.8, 4) is 0 Å². The van der Waals surface area contributed by atoms with Crippen molar-refractivity contribution < 1.29 is 14.3 Å². The first-order valence-corrected chi connectivity index (χ1v) is 4.50. The average Bonchev–Trinajstić information content (AvgIpc) is 2.43. The van der Waals surface area contributed by atoms with Crippen LogP contribution in [0.3, 0.4) is 0 Å². The molecule has 2 aliphatic rings. The molecule has 0 bridgehead atoms. The molecule has 2 atom stereocenters. The van der Waals surface area contributed by atoms with E-state index >= 15 is 0 Å². The molecule has 3 nitrogen and oxygen atoms in total. The molecular weight excluding hydrogens is 156 g/mol. The summed E-state index contributed by atoms with van der Waals surface area (Å²) < 4.78 is 10.5. The lowest BCUT2D eigenvalue weighted by atomic mass is 10.0. The van der Waals surface area contributed by atoms with Crippen molar-refractivity contribution in [1.82, 2.24) is 0 Å². The Balaban J connectivity index is 1.86. The van der Waals surface area contributed by atoms with Gasteiger partial charge in [-0.1, -0.05) is 0 Å².